The van der Waals surface area contributed by atoms with Gasteiger partial charge in [0.2, 0.25) is 0 Å². The molecule has 0 spiro atoms. The summed E-state index contributed by atoms with van der Waals surface area (Å²) in [5.41, 5.74) is 5.11. The van der Waals surface area contributed by atoms with Crippen LogP contribution in [0.5, 0.6) is 5.75 Å². The summed E-state index contributed by atoms with van der Waals surface area (Å²) in [5.74, 6) is 0.199. The van der Waals surface area contributed by atoms with E-state index in [2.05, 4.69) is 31.2 Å². The zero-order valence-electron chi connectivity index (χ0n) is 16.6. The van der Waals surface area contributed by atoms with Gasteiger partial charge in [-0.25, -0.2) is 4.79 Å². The zero-order valence-corrected chi connectivity index (χ0v) is 16.6. The lowest BCUT2D eigenvalue weighted by molar-refractivity contribution is 0.0735. The molecule has 28 heavy (non-hydrogen) atoms. The van der Waals surface area contributed by atoms with Gasteiger partial charge in [0.1, 0.15) is 5.75 Å². The Labute approximate surface area is 166 Å². The Balaban J connectivity index is 1.66. The molecule has 0 saturated carbocycles. The molecule has 0 radical (unpaired) electrons. The maximum absolute atomic E-state index is 12.3. The van der Waals surface area contributed by atoms with E-state index < -0.39 is 0 Å². The summed E-state index contributed by atoms with van der Waals surface area (Å²) in [6.07, 6.45) is 2.18. The largest absolute Gasteiger partial charge is 0.423 e. The lowest BCUT2D eigenvalue weighted by Crippen LogP contribution is -2.08. The van der Waals surface area contributed by atoms with Crippen molar-refractivity contribution in [1.82, 2.24) is 0 Å². The van der Waals surface area contributed by atoms with Crippen LogP contribution < -0.4 is 4.74 Å². The van der Waals surface area contributed by atoms with Gasteiger partial charge in [0.05, 0.1) is 11.7 Å². The van der Waals surface area contributed by atoms with Gasteiger partial charge in [-0.2, -0.15) is 0 Å². The molecule has 3 heteroatoms. The molecule has 0 bridgehead atoms. The molecule has 0 aliphatic heterocycles. The van der Waals surface area contributed by atoms with Crippen LogP contribution in [-0.4, -0.2) is 13.1 Å². The normalized spacial score (nSPS) is 11.8. The molecule has 0 heterocycles. The lowest BCUT2D eigenvalue weighted by atomic mass is 10.0. The minimum atomic E-state index is -0.339. The minimum absolute atomic E-state index is 0.0758. The highest BCUT2D eigenvalue weighted by atomic mass is 16.5. The Morgan fingerprint density at radius 1 is 0.857 bits per heavy atom. The second-order valence-electron chi connectivity index (χ2n) is 6.86. The van der Waals surface area contributed by atoms with Crippen LogP contribution in [-0.2, 0) is 11.2 Å². The maximum Gasteiger partial charge on any atom is 0.343 e. The van der Waals surface area contributed by atoms with E-state index in [1.807, 2.05) is 55.5 Å². The van der Waals surface area contributed by atoms with Crippen LogP contribution in [0.1, 0.15) is 47.9 Å². The third-order valence-corrected chi connectivity index (χ3v) is 4.86. The Hall–Kier alpha value is -2.91. The smallest absolute Gasteiger partial charge is 0.343 e. The average Bonchev–Trinajstić information content (AvgIpc) is 2.74. The van der Waals surface area contributed by atoms with E-state index in [0.29, 0.717) is 11.3 Å². The topological polar surface area (TPSA) is 35.5 Å². The van der Waals surface area contributed by atoms with E-state index >= 15 is 0 Å². The molecule has 0 aromatic heterocycles. The van der Waals surface area contributed by atoms with E-state index in [9.17, 15) is 4.79 Å². The molecule has 0 N–H and O–H groups in total. The zero-order chi connectivity index (χ0) is 19.9. The average molecular weight is 374 g/mol. The van der Waals surface area contributed by atoms with Gasteiger partial charge in [-0.1, -0.05) is 61.9 Å². The number of rotatable bonds is 7. The number of methoxy groups -OCH3 is 1. The fourth-order valence-corrected chi connectivity index (χ4v) is 3.06. The van der Waals surface area contributed by atoms with Gasteiger partial charge in [-0.15, -0.1) is 0 Å². The monoisotopic (exact) mass is 374 g/mol. The van der Waals surface area contributed by atoms with Crippen LogP contribution in [0.25, 0.3) is 11.1 Å². The van der Waals surface area contributed by atoms with Crippen molar-refractivity contribution in [2.45, 2.75) is 32.8 Å². The first-order valence-corrected chi connectivity index (χ1v) is 9.65. The van der Waals surface area contributed by atoms with Gasteiger partial charge in [0.25, 0.3) is 0 Å². The van der Waals surface area contributed by atoms with Crippen LogP contribution in [0.15, 0.2) is 72.8 Å². The van der Waals surface area contributed by atoms with E-state index in [0.717, 1.165) is 29.5 Å². The molecular weight excluding hydrogens is 348 g/mol. The standard InChI is InChI=1S/C25H26O3/c1-4-5-19-6-8-23(9-7-19)25(26)28-24-16-14-22(15-17-24)21-12-10-20(11-13-21)18(2)27-3/h6-18H,4-5H2,1-3H3. The van der Waals surface area contributed by atoms with Gasteiger partial charge in [-0.3, -0.25) is 0 Å². The van der Waals surface area contributed by atoms with Crippen LogP contribution in [0.4, 0.5) is 0 Å². The SMILES string of the molecule is CCCc1ccc(C(=O)Oc2ccc(-c3ccc(C(C)OC)cc3)cc2)cc1. The van der Waals surface area contributed by atoms with Gasteiger partial charge in [-0.05, 0) is 59.9 Å². The highest BCUT2D eigenvalue weighted by Gasteiger charge is 2.09. The molecule has 3 aromatic carbocycles. The van der Waals surface area contributed by atoms with E-state index in [1.54, 1.807) is 7.11 Å². The minimum Gasteiger partial charge on any atom is -0.423 e. The van der Waals surface area contributed by atoms with Crippen LogP contribution in [0.2, 0.25) is 0 Å². The summed E-state index contributed by atoms with van der Waals surface area (Å²) >= 11 is 0. The Kier molecular flexibility index (Phi) is 6.62. The number of benzene rings is 3. The number of hydrogen-bond acceptors (Lipinski definition) is 3. The lowest BCUT2D eigenvalue weighted by Gasteiger charge is -2.11. The van der Waals surface area contributed by atoms with Gasteiger partial charge in [0, 0.05) is 7.11 Å². The Bertz CT molecular complexity index is 894. The second kappa shape index (κ2) is 9.34. The maximum atomic E-state index is 12.3. The molecule has 1 unspecified atom stereocenters. The van der Waals surface area contributed by atoms with E-state index in [1.165, 1.54) is 5.56 Å². The first kappa shape index (κ1) is 19.8. The molecule has 0 aliphatic carbocycles. The van der Waals surface area contributed by atoms with Gasteiger partial charge in [0.15, 0.2) is 0 Å². The number of ether oxygens (including phenoxy) is 2. The van der Waals surface area contributed by atoms with Crippen LogP contribution >= 0.6 is 0 Å². The predicted octanol–water partition coefficient (Wildman–Crippen LogP) is 6.23. The van der Waals surface area contributed by atoms with Gasteiger partial charge >= 0.3 is 5.97 Å². The van der Waals surface area contributed by atoms with Crippen molar-refractivity contribution in [1.29, 1.82) is 0 Å². The molecule has 0 fully saturated rings. The van der Waals surface area contributed by atoms with Crippen molar-refractivity contribution in [2.75, 3.05) is 7.11 Å². The highest BCUT2D eigenvalue weighted by molar-refractivity contribution is 5.91. The third-order valence-electron chi connectivity index (χ3n) is 4.86. The Morgan fingerprint density at radius 2 is 1.43 bits per heavy atom. The quantitative estimate of drug-likeness (QED) is 0.363. The highest BCUT2D eigenvalue weighted by Crippen LogP contribution is 2.25. The second-order valence-corrected chi connectivity index (χ2v) is 6.86. The number of aryl methyl sites for hydroxylation is 1. The molecule has 3 aromatic rings. The Morgan fingerprint density at radius 3 is 1.96 bits per heavy atom. The molecule has 0 aliphatic rings. The van der Waals surface area contributed by atoms with Crippen molar-refractivity contribution < 1.29 is 14.3 Å². The predicted molar refractivity (Wildman–Crippen MR) is 113 cm³/mol. The fraction of sp³-hybridized carbons (Fsp3) is 0.240. The van der Waals surface area contributed by atoms with Crippen molar-refractivity contribution in [3.05, 3.63) is 89.5 Å². The van der Waals surface area contributed by atoms with Crippen molar-refractivity contribution >= 4 is 5.97 Å². The molecule has 144 valence electrons. The molecule has 1 atom stereocenters. The summed E-state index contributed by atoms with van der Waals surface area (Å²) < 4.78 is 10.8. The fourth-order valence-electron chi connectivity index (χ4n) is 3.06. The summed E-state index contributed by atoms with van der Waals surface area (Å²) in [5, 5.41) is 0. The van der Waals surface area contributed by atoms with Crippen LogP contribution in [0.3, 0.4) is 0 Å². The summed E-state index contributed by atoms with van der Waals surface area (Å²) in [6.45, 7) is 4.16. The van der Waals surface area contributed by atoms with Crippen molar-refractivity contribution in [3.63, 3.8) is 0 Å². The number of carbonyl (C=O) groups is 1. The summed E-state index contributed by atoms with van der Waals surface area (Å²) in [6, 6.07) is 23.5. The van der Waals surface area contributed by atoms with Crippen LogP contribution in [0, 0.1) is 0 Å². The molecule has 3 rings (SSSR count). The molecule has 0 amide bonds. The first-order valence-electron chi connectivity index (χ1n) is 9.65. The molecular formula is C25H26O3. The van der Waals surface area contributed by atoms with Gasteiger partial charge < -0.3 is 9.47 Å². The molecule has 3 nitrogen and oxygen atoms in total. The number of esters is 1. The summed E-state index contributed by atoms with van der Waals surface area (Å²) in [4.78, 5) is 12.3. The van der Waals surface area contributed by atoms with E-state index in [-0.39, 0.29) is 12.1 Å². The van der Waals surface area contributed by atoms with Crippen molar-refractivity contribution in [2.24, 2.45) is 0 Å². The number of carbonyl (C=O) groups excluding carboxylic acids is 1. The van der Waals surface area contributed by atoms with E-state index in [4.69, 9.17) is 9.47 Å². The summed E-state index contributed by atoms with van der Waals surface area (Å²) in [7, 11) is 1.71. The first-order chi connectivity index (χ1) is 13.6. The molecule has 0 saturated heterocycles. The number of hydrogen-bond donors (Lipinski definition) is 0. The van der Waals surface area contributed by atoms with Crippen molar-refractivity contribution in [3.8, 4) is 16.9 Å². The third kappa shape index (κ3) is 4.87.